The lowest BCUT2D eigenvalue weighted by atomic mass is 10.1. The molecule has 0 bridgehead atoms. The monoisotopic (exact) mass is 249 g/mol. The second-order valence-electron chi connectivity index (χ2n) is 4.89. The van der Waals surface area contributed by atoms with Crippen molar-refractivity contribution in [3.05, 3.63) is 35.9 Å². The second-order valence-corrected chi connectivity index (χ2v) is 4.89. The van der Waals surface area contributed by atoms with E-state index in [1.54, 1.807) is 0 Å². The summed E-state index contributed by atoms with van der Waals surface area (Å²) >= 11 is 0. The van der Waals surface area contributed by atoms with Gasteiger partial charge in [0.25, 0.3) is 0 Å². The Balaban J connectivity index is 2.00. The van der Waals surface area contributed by atoms with Crippen LogP contribution in [0.15, 0.2) is 30.3 Å². The molecule has 1 aliphatic rings. The van der Waals surface area contributed by atoms with Gasteiger partial charge in [-0.1, -0.05) is 43.7 Å². The Morgan fingerprint density at radius 2 is 2.17 bits per heavy atom. The molecule has 0 spiro atoms. The van der Waals surface area contributed by atoms with Gasteiger partial charge >= 0.3 is 0 Å². The zero-order valence-electron chi connectivity index (χ0n) is 11.1. The van der Waals surface area contributed by atoms with E-state index in [-0.39, 0.29) is 18.8 Å². The van der Waals surface area contributed by atoms with Crippen LogP contribution in [0.1, 0.15) is 31.4 Å². The van der Waals surface area contributed by atoms with E-state index < -0.39 is 0 Å². The number of nitrogens with zero attached hydrogens (tertiary/aromatic N) is 1. The summed E-state index contributed by atoms with van der Waals surface area (Å²) in [5.41, 5.74) is 1.23. The summed E-state index contributed by atoms with van der Waals surface area (Å²) in [6, 6.07) is 10.6. The number of hydrogen-bond acceptors (Lipinski definition) is 3. The summed E-state index contributed by atoms with van der Waals surface area (Å²) in [5, 5.41) is 9.48. The highest BCUT2D eigenvalue weighted by Crippen LogP contribution is 2.24. The Kier molecular flexibility index (Phi) is 5.17. The maximum absolute atomic E-state index is 9.48. The van der Waals surface area contributed by atoms with Gasteiger partial charge in [0.05, 0.1) is 19.3 Å². The Bertz CT molecular complexity index is 342. The van der Waals surface area contributed by atoms with Gasteiger partial charge in [0.15, 0.2) is 0 Å². The van der Waals surface area contributed by atoms with Gasteiger partial charge in [-0.3, -0.25) is 4.90 Å². The Hall–Kier alpha value is -0.900. The molecular weight excluding hydrogens is 226 g/mol. The van der Waals surface area contributed by atoms with Crippen LogP contribution < -0.4 is 0 Å². The normalized spacial score (nSPS) is 22.9. The molecule has 0 saturated carbocycles. The van der Waals surface area contributed by atoms with E-state index in [2.05, 4.69) is 24.0 Å². The maximum Gasteiger partial charge on any atom is 0.0952 e. The molecule has 0 aliphatic carbocycles. The van der Waals surface area contributed by atoms with Crippen molar-refractivity contribution in [2.45, 2.75) is 31.9 Å². The van der Waals surface area contributed by atoms with Gasteiger partial charge in [0.1, 0.15) is 0 Å². The minimum Gasteiger partial charge on any atom is -0.395 e. The van der Waals surface area contributed by atoms with Crippen molar-refractivity contribution in [2.75, 3.05) is 26.3 Å². The first-order chi connectivity index (χ1) is 8.85. The van der Waals surface area contributed by atoms with Crippen molar-refractivity contribution in [2.24, 2.45) is 0 Å². The lowest BCUT2D eigenvalue weighted by Gasteiger charge is -2.37. The predicted octanol–water partition coefficient (Wildman–Crippen LogP) is 2.22. The minimum atomic E-state index is 0.144. The average Bonchev–Trinajstić information content (AvgIpc) is 2.46. The van der Waals surface area contributed by atoms with Crippen LogP contribution in [0.2, 0.25) is 0 Å². The molecule has 1 aromatic rings. The van der Waals surface area contributed by atoms with Crippen molar-refractivity contribution >= 4 is 0 Å². The minimum absolute atomic E-state index is 0.144. The summed E-state index contributed by atoms with van der Waals surface area (Å²) < 4.78 is 5.84. The molecule has 3 heteroatoms. The highest BCUT2D eigenvalue weighted by atomic mass is 16.5. The molecule has 2 rings (SSSR count). The molecule has 100 valence electrons. The molecule has 0 radical (unpaired) electrons. The van der Waals surface area contributed by atoms with E-state index in [4.69, 9.17) is 4.74 Å². The Morgan fingerprint density at radius 1 is 1.39 bits per heavy atom. The topological polar surface area (TPSA) is 32.7 Å². The Morgan fingerprint density at radius 3 is 2.83 bits per heavy atom. The Labute approximate surface area is 109 Å². The zero-order valence-corrected chi connectivity index (χ0v) is 11.1. The standard InChI is InChI=1S/C15H23NO2/c1-2-6-14(12-17)16-9-10-18-15(11-16)13-7-4-3-5-8-13/h3-5,7-8,14-15,17H,2,6,9-12H2,1H3. The summed E-state index contributed by atoms with van der Waals surface area (Å²) in [4.78, 5) is 2.37. The lowest BCUT2D eigenvalue weighted by Crippen LogP contribution is -2.46. The van der Waals surface area contributed by atoms with Gasteiger partial charge in [0, 0.05) is 19.1 Å². The van der Waals surface area contributed by atoms with Crippen LogP contribution in [-0.4, -0.2) is 42.4 Å². The molecule has 3 nitrogen and oxygen atoms in total. The molecule has 1 aliphatic heterocycles. The average molecular weight is 249 g/mol. The molecule has 1 N–H and O–H groups in total. The number of hydrogen-bond donors (Lipinski definition) is 1. The fourth-order valence-electron chi connectivity index (χ4n) is 2.59. The van der Waals surface area contributed by atoms with Crippen LogP contribution in [0.5, 0.6) is 0 Å². The summed E-state index contributed by atoms with van der Waals surface area (Å²) in [7, 11) is 0. The second kappa shape index (κ2) is 6.88. The first-order valence-corrected chi connectivity index (χ1v) is 6.86. The van der Waals surface area contributed by atoms with Crippen molar-refractivity contribution in [1.82, 2.24) is 4.90 Å². The fraction of sp³-hybridized carbons (Fsp3) is 0.600. The number of ether oxygens (including phenoxy) is 1. The number of morpholine rings is 1. The van der Waals surface area contributed by atoms with E-state index in [0.717, 1.165) is 32.5 Å². The zero-order chi connectivity index (χ0) is 12.8. The van der Waals surface area contributed by atoms with Crippen LogP contribution in [0.25, 0.3) is 0 Å². The highest BCUT2D eigenvalue weighted by Gasteiger charge is 2.26. The number of aliphatic hydroxyl groups excluding tert-OH is 1. The van der Waals surface area contributed by atoms with Crippen molar-refractivity contribution in [1.29, 1.82) is 0 Å². The predicted molar refractivity (Wildman–Crippen MR) is 72.5 cm³/mol. The molecule has 1 aromatic carbocycles. The number of rotatable bonds is 5. The van der Waals surface area contributed by atoms with Gasteiger partial charge in [-0.05, 0) is 12.0 Å². The molecule has 1 saturated heterocycles. The van der Waals surface area contributed by atoms with E-state index in [1.807, 2.05) is 18.2 Å². The SMILES string of the molecule is CCCC(CO)N1CCOC(c2ccccc2)C1. The van der Waals surface area contributed by atoms with E-state index in [1.165, 1.54) is 5.56 Å². The van der Waals surface area contributed by atoms with Crippen molar-refractivity contribution in [3.8, 4) is 0 Å². The summed E-state index contributed by atoms with van der Waals surface area (Å²) in [6.45, 7) is 4.97. The largest absolute Gasteiger partial charge is 0.395 e. The fourth-order valence-corrected chi connectivity index (χ4v) is 2.59. The van der Waals surface area contributed by atoms with Crippen molar-refractivity contribution < 1.29 is 9.84 Å². The third kappa shape index (κ3) is 3.31. The van der Waals surface area contributed by atoms with Gasteiger partial charge < -0.3 is 9.84 Å². The molecule has 0 aromatic heterocycles. The lowest BCUT2D eigenvalue weighted by molar-refractivity contribution is -0.0537. The number of benzene rings is 1. The van der Waals surface area contributed by atoms with E-state index in [0.29, 0.717) is 0 Å². The molecule has 2 unspecified atom stereocenters. The molecule has 1 heterocycles. The smallest absolute Gasteiger partial charge is 0.0952 e. The van der Waals surface area contributed by atoms with E-state index >= 15 is 0 Å². The van der Waals surface area contributed by atoms with Crippen LogP contribution in [0, 0.1) is 0 Å². The maximum atomic E-state index is 9.48. The van der Waals surface area contributed by atoms with Crippen LogP contribution in [0.3, 0.4) is 0 Å². The first-order valence-electron chi connectivity index (χ1n) is 6.86. The van der Waals surface area contributed by atoms with Gasteiger partial charge in [-0.25, -0.2) is 0 Å². The molecule has 1 fully saturated rings. The van der Waals surface area contributed by atoms with Gasteiger partial charge in [0.2, 0.25) is 0 Å². The van der Waals surface area contributed by atoms with E-state index in [9.17, 15) is 5.11 Å². The van der Waals surface area contributed by atoms with Crippen LogP contribution in [0.4, 0.5) is 0 Å². The summed E-state index contributed by atoms with van der Waals surface area (Å²) in [6.07, 6.45) is 2.31. The quantitative estimate of drug-likeness (QED) is 0.868. The molecule has 2 atom stereocenters. The molecule has 18 heavy (non-hydrogen) atoms. The molecular formula is C15H23NO2. The third-order valence-electron chi connectivity index (χ3n) is 3.62. The molecule has 0 amide bonds. The first kappa shape index (κ1) is 13.5. The van der Waals surface area contributed by atoms with Crippen LogP contribution >= 0.6 is 0 Å². The van der Waals surface area contributed by atoms with Crippen molar-refractivity contribution in [3.63, 3.8) is 0 Å². The third-order valence-corrected chi connectivity index (χ3v) is 3.62. The van der Waals surface area contributed by atoms with Gasteiger partial charge in [-0.15, -0.1) is 0 Å². The van der Waals surface area contributed by atoms with Crippen LogP contribution in [-0.2, 0) is 4.74 Å². The summed E-state index contributed by atoms with van der Waals surface area (Å²) in [5.74, 6) is 0. The number of aliphatic hydroxyl groups is 1. The highest BCUT2D eigenvalue weighted by molar-refractivity contribution is 5.18. The van der Waals surface area contributed by atoms with Gasteiger partial charge in [-0.2, -0.15) is 0 Å².